The number of fused-ring (bicyclic) bond motifs is 1. The molecule has 0 aliphatic heterocycles. The molecule has 0 atom stereocenters. The van der Waals surface area contributed by atoms with Crippen LogP contribution in [0.15, 0.2) is 53.5 Å². The second kappa shape index (κ2) is 6.04. The fourth-order valence-electron chi connectivity index (χ4n) is 2.17. The number of hydrogen-bond donors (Lipinski definition) is 0. The van der Waals surface area contributed by atoms with Crippen molar-refractivity contribution in [3.05, 3.63) is 60.4 Å². The summed E-state index contributed by atoms with van der Waals surface area (Å²) in [5.41, 5.74) is 2.72. The van der Waals surface area contributed by atoms with Crippen LogP contribution in [0.3, 0.4) is 0 Å². The summed E-state index contributed by atoms with van der Waals surface area (Å²) in [7, 11) is 0. The smallest absolute Gasteiger partial charge is 0.338 e. The molecule has 5 heteroatoms. The molecule has 0 amide bonds. The van der Waals surface area contributed by atoms with E-state index in [4.69, 9.17) is 9.15 Å². The first-order valence-corrected chi connectivity index (χ1v) is 7.11. The summed E-state index contributed by atoms with van der Waals surface area (Å²) in [5, 5.41) is 0. The van der Waals surface area contributed by atoms with Gasteiger partial charge in [0.15, 0.2) is 5.58 Å². The lowest BCUT2D eigenvalue weighted by molar-refractivity contribution is -0.136. The minimum atomic E-state index is -0.464. The number of carbonyl (C=O) groups excluding carboxylic acids is 1. The summed E-state index contributed by atoms with van der Waals surface area (Å²) in [6, 6.07) is 11.0. The van der Waals surface area contributed by atoms with Crippen molar-refractivity contribution in [2.45, 2.75) is 6.92 Å². The van der Waals surface area contributed by atoms with Crippen LogP contribution in [0, 0.1) is 5.82 Å². The highest BCUT2D eigenvalue weighted by Gasteiger charge is 2.14. The fraction of sp³-hybridized carbons (Fsp3) is 0.111. The van der Waals surface area contributed by atoms with Gasteiger partial charge in [0.2, 0.25) is 5.89 Å². The van der Waals surface area contributed by atoms with Gasteiger partial charge in [-0.3, -0.25) is 0 Å². The minimum absolute atomic E-state index is 0.264. The van der Waals surface area contributed by atoms with E-state index in [0.717, 1.165) is 0 Å². The molecule has 0 N–H and O–H groups in total. The lowest BCUT2D eigenvalue weighted by atomic mass is 10.1. The molecule has 3 rings (SSSR count). The Hall–Kier alpha value is -2.95. The monoisotopic (exact) mass is 311 g/mol. The highest BCUT2D eigenvalue weighted by atomic mass is 19.1. The second-order valence-corrected chi connectivity index (χ2v) is 4.91. The summed E-state index contributed by atoms with van der Waals surface area (Å²) in [6.45, 7) is 5.78. The van der Waals surface area contributed by atoms with E-state index in [2.05, 4.69) is 11.6 Å². The zero-order chi connectivity index (χ0) is 16.4. The lowest BCUT2D eigenvalue weighted by Crippen LogP contribution is -2.05. The van der Waals surface area contributed by atoms with E-state index >= 15 is 0 Å². The Labute approximate surface area is 132 Å². The summed E-state index contributed by atoms with van der Waals surface area (Å²) in [5.74, 6) is -0.397. The number of halogens is 1. The van der Waals surface area contributed by atoms with E-state index < -0.39 is 5.97 Å². The average molecular weight is 311 g/mol. The maximum atomic E-state index is 13.0. The zero-order valence-electron chi connectivity index (χ0n) is 12.5. The van der Waals surface area contributed by atoms with Crippen LogP contribution in [0.25, 0.3) is 28.1 Å². The van der Waals surface area contributed by atoms with Crippen molar-refractivity contribution in [2.24, 2.45) is 0 Å². The van der Waals surface area contributed by atoms with Crippen LogP contribution in [0.2, 0.25) is 0 Å². The van der Waals surface area contributed by atoms with Crippen molar-refractivity contribution >= 4 is 22.6 Å². The third-order valence-electron chi connectivity index (χ3n) is 3.35. The maximum Gasteiger partial charge on any atom is 0.338 e. The molecule has 1 heterocycles. The Balaban J connectivity index is 1.96. The van der Waals surface area contributed by atoms with Crippen molar-refractivity contribution in [1.29, 1.82) is 0 Å². The number of aromatic nitrogens is 1. The van der Waals surface area contributed by atoms with Crippen LogP contribution in [0.4, 0.5) is 4.39 Å². The summed E-state index contributed by atoms with van der Waals surface area (Å²) in [4.78, 5) is 16.1. The number of nitrogens with zero attached hydrogens (tertiary/aromatic N) is 1. The second-order valence-electron chi connectivity index (χ2n) is 4.91. The standard InChI is InChI=1S/C18H14FNO3/c1-3-22-18(21)11(2)13-6-9-16-15(10-13)20-17(23-16)12-4-7-14(19)8-5-12/h4-10H,2-3H2,1H3. The topological polar surface area (TPSA) is 52.3 Å². The molecular weight excluding hydrogens is 297 g/mol. The van der Waals surface area contributed by atoms with Gasteiger partial charge < -0.3 is 9.15 Å². The summed E-state index contributed by atoms with van der Waals surface area (Å²) >= 11 is 0. The van der Waals surface area contributed by atoms with E-state index in [1.165, 1.54) is 12.1 Å². The van der Waals surface area contributed by atoms with Gasteiger partial charge >= 0.3 is 5.97 Å². The third kappa shape index (κ3) is 2.99. The molecule has 3 aromatic rings. The van der Waals surface area contributed by atoms with E-state index in [1.807, 2.05) is 0 Å². The molecule has 4 nitrogen and oxygen atoms in total. The number of ether oxygens (including phenoxy) is 1. The summed E-state index contributed by atoms with van der Waals surface area (Å²) in [6.07, 6.45) is 0. The number of benzene rings is 2. The predicted octanol–water partition coefficient (Wildman–Crippen LogP) is 4.21. The highest BCUT2D eigenvalue weighted by molar-refractivity contribution is 6.16. The van der Waals surface area contributed by atoms with Gasteiger partial charge in [0.05, 0.1) is 12.2 Å². The van der Waals surface area contributed by atoms with Gasteiger partial charge in [0, 0.05) is 5.56 Å². The minimum Gasteiger partial charge on any atom is -0.462 e. The van der Waals surface area contributed by atoms with Gasteiger partial charge in [0.1, 0.15) is 11.3 Å². The van der Waals surface area contributed by atoms with Crippen molar-refractivity contribution in [1.82, 2.24) is 4.98 Å². The molecule has 0 radical (unpaired) electrons. The van der Waals surface area contributed by atoms with E-state index in [9.17, 15) is 9.18 Å². The molecule has 0 bridgehead atoms. The number of hydrogen-bond acceptors (Lipinski definition) is 4. The van der Waals surface area contributed by atoms with Crippen LogP contribution in [0.1, 0.15) is 12.5 Å². The molecule has 2 aromatic carbocycles. The van der Waals surface area contributed by atoms with Crippen molar-refractivity contribution < 1.29 is 18.3 Å². The first-order chi connectivity index (χ1) is 11.1. The molecule has 0 aliphatic rings. The summed E-state index contributed by atoms with van der Waals surface area (Å²) < 4.78 is 23.6. The SMILES string of the molecule is C=C(C(=O)OCC)c1ccc2oc(-c3ccc(F)cc3)nc2c1. The van der Waals surface area contributed by atoms with Gasteiger partial charge in [-0.1, -0.05) is 12.6 Å². The van der Waals surface area contributed by atoms with Gasteiger partial charge in [-0.25, -0.2) is 14.2 Å². The van der Waals surface area contributed by atoms with E-state index in [0.29, 0.717) is 34.7 Å². The molecule has 116 valence electrons. The van der Waals surface area contributed by atoms with Crippen LogP contribution in [-0.4, -0.2) is 17.6 Å². The lowest BCUT2D eigenvalue weighted by Gasteiger charge is -2.04. The molecule has 0 spiro atoms. The fourth-order valence-corrected chi connectivity index (χ4v) is 2.17. The number of oxazole rings is 1. The van der Waals surface area contributed by atoms with Crippen molar-refractivity contribution in [2.75, 3.05) is 6.61 Å². The quantitative estimate of drug-likeness (QED) is 0.535. The largest absolute Gasteiger partial charge is 0.462 e. The molecule has 0 saturated carbocycles. The number of carbonyl (C=O) groups is 1. The molecule has 0 aliphatic carbocycles. The van der Waals surface area contributed by atoms with Crippen molar-refractivity contribution in [3.63, 3.8) is 0 Å². The Morgan fingerprint density at radius 1 is 1.26 bits per heavy atom. The van der Waals surface area contributed by atoms with Crippen molar-refractivity contribution in [3.8, 4) is 11.5 Å². The van der Waals surface area contributed by atoms with E-state index in [-0.39, 0.29) is 11.4 Å². The predicted molar refractivity (Wildman–Crippen MR) is 85.1 cm³/mol. The van der Waals surface area contributed by atoms with Gasteiger partial charge in [-0.05, 0) is 48.9 Å². The Kier molecular flexibility index (Phi) is 3.93. The van der Waals surface area contributed by atoms with E-state index in [1.54, 1.807) is 37.3 Å². The first kappa shape index (κ1) is 15.0. The highest BCUT2D eigenvalue weighted by Crippen LogP contribution is 2.27. The molecule has 0 fully saturated rings. The third-order valence-corrected chi connectivity index (χ3v) is 3.35. The average Bonchev–Trinajstić information content (AvgIpc) is 2.98. The van der Waals surface area contributed by atoms with Crippen LogP contribution < -0.4 is 0 Å². The van der Waals surface area contributed by atoms with Crippen LogP contribution >= 0.6 is 0 Å². The molecule has 1 aromatic heterocycles. The molecule has 0 saturated heterocycles. The van der Waals surface area contributed by atoms with Gasteiger partial charge in [-0.15, -0.1) is 0 Å². The Bertz CT molecular complexity index is 881. The Morgan fingerprint density at radius 3 is 2.70 bits per heavy atom. The maximum absolute atomic E-state index is 13.0. The zero-order valence-corrected chi connectivity index (χ0v) is 12.5. The normalized spacial score (nSPS) is 10.7. The van der Waals surface area contributed by atoms with Crippen LogP contribution in [0.5, 0.6) is 0 Å². The van der Waals surface area contributed by atoms with Gasteiger partial charge in [-0.2, -0.15) is 0 Å². The first-order valence-electron chi connectivity index (χ1n) is 7.11. The number of rotatable bonds is 4. The molecule has 23 heavy (non-hydrogen) atoms. The Morgan fingerprint density at radius 2 is 2.00 bits per heavy atom. The molecular formula is C18H14FNO3. The van der Waals surface area contributed by atoms with Crippen LogP contribution in [-0.2, 0) is 9.53 Å². The number of esters is 1. The molecule has 0 unspecified atom stereocenters. The van der Waals surface area contributed by atoms with Gasteiger partial charge in [0.25, 0.3) is 0 Å².